The largest absolute Gasteiger partial charge is 0.480 e. The van der Waals surface area contributed by atoms with E-state index in [-0.39, 0.29) is 25.4 Å². The zero-order chi connectivity index (χ0) is 25.8. The molecule has 9 nitrogen and oxygen atoms in total. The molecule has 0 bridgehead atoms. The first-order valence-corrected chi connectivity index (χ1v) is 13.4. The van der Waals surface area contributed by atoms with Crippen LogP contribution in [-0.2, 0) is 31.9 Å². The molecule has 0 spiro atoms. The summed E-state index contributed by atoms with van der Waals surface area (Å²) in [5.41, 5.74) is 1.51. The maximum Gasteiger partial charge on any atom is 0.407 e. The molecule has 10 heteroatoms. The molecular weight excluding hydrogens is 471 g/mol. The van der Waals surface area contributed by atoms with E-state index in [1.807, 2.05) is 19.9 Å². The van der Waals surface area contributed by atoms with E-state index in [9.17, 15) is 28.9 Å². The van der Waals surface area contributed by atoms with Gasteiger partial charge < -0.3 is 25.4 Å². The van der Waals surface area contributed by atoms with E-state index in [1.54, 1.807) is 54.6 Å². The van der Waals surface area contributed by atoms with E-state index in [2.05, 4.69) is 10.6 Å². The highest BCUT2D eigenvalue weighted by Gasteiger charge is 2.32. The molecule has 2 aromatic rings. The number of carboxylic acids is 1. The van der Waals surface area contributed by atoms with Crippen LogP contribution in [0.2, 0.25) is 0 Å². The van der Waals surface area contributed by atoms with Gasteiger partial charge in [-0.2, -0.15) is 0 Å². The number of carboxylic acid groups (broad SMARTS) is 1. The number of rotatable bonds is 13. The van der Waals surface area contributed by atoms with Crippen LogP contribution in [0.5, 0.6) is 0 Å². The van der Waals surface area contributed by atoms with Crippen molar-refractivity contribution in [2.24, 2.45) is 11.8 Å². The van der Waals surface area contributed by atoms with Crippen LogP contribution in [0.3, 0.4) is 0 Å². The van der Waals surface area contributed by atoms with Crippen molar-refractivity contribution in [2.75, 3.05) is 12.4 Å². The molecule has 0 fully saturated rings. The standard InChI is InChI=1S/C25H33N2O7P/c1-18(2)13-21(23(28)27-22(24(29)30)14-19-9-5-3-6-10-19)16-35(32,33)17-26-25(31)34-15-20-11-7-4-8-12-20/h3-12,18,21-22H,13-17H2,1-2H3,(H,26,31)(H,27,28)(H,29,30)(H,32,33)/t21?,22-/m0/s1. The van der Waals surface area contributed by atoms with Gasteiger partial charge >= 0.3 is 12.1 Å². The zero-order valence-electron chi connectivity index (χ0n) is 19.9. The lowest BCUT2D eigenvalue weighted by molar-refractivity contribution is -0.142. The Morgan fingerprint density at radius 2 is 1.54 bits per heavy atom. The molecule has 0 heterocycles. The molecule has 2 unspecified atom stereocenters. The molecule has 0 radical (unpaired) electrons. The second-order valence-corrected chi connectivity index (χ2v) is 11.2. The van der Waals surface area contributed by atoms with Crippen molar-refractivity contribution in [1.82, 2.24) is 10.6 Å². The Bertz CT molecular complexity index is 1010. The maximum atomic E-state index is 12.9. The number of alkyl carbamates (subject to hydrolysis) is 1. The Morgan fingerprint density at radius 3 is 2.09 bits per heavy atom. The lowest BCUT2D eigenvalue weighted by atomic mass is 9.97. The number of hydrogen-bond acceptors (Lipinski definition) is 5. The monoisotopic (exact) mass is 504 g/mol. The molecular formula is C25H33N2O7P. The molecule has 35 heavy (non-hydrogen) atoms. The van der Waals surface area contributed by atoms with Gasteiger partial charge in [0.15, 0.2) is 0 Å². The van der Waals surface area contributed by atoms with E-state index in [0.717, 1.165) is 11.1 Å². The number of benzene rings is 2. The summed E-state index contributed by atoms with van der Waals surface area (Å²) in [4.78, 5) is 47.1. The number of amides is 2. The lowest BCUT2D eigenvalue weighted by Gasteiger charge is -2.24. The van der Waals surface area contributed by atoms with E-state index in [1.165, 1.54) is 0 Å². The van der Waals surface area contributed by atoms with Gasteiger partial charge in [-0.3, -0.25) is 9.36 Å². The van der Waals surface area contributed by atoms with Crippen molar-refractivity contribution in [1.29, 1.82) is 0 Å². The fourth-order valence-electron chi connectivity index (χ4n) is 3.54. The number of ether oxygens (including phenoxy) is 1. The predicted molar refractivity (Wildman–Crippen MR) is 132 cm³/mol. The molecule has 0 aliphatic heterocycles. The third-order valence-electron chi connectivity index (χ3n) is 5.21. The summed E-state index contributed by atoms with van der Waals surface area (Å²) in [6.45, 7) is 3.74. The average molecular weight is 505 g/mol. The Labute approximate surface area is 205 Å². The molecule has 0 saturated heterocycles. The first-order chi connectivity index (χ1) is 16.6. The van der Waals surface area contributed by atoms with Gasteiger partial charge in [0.25, 0.3) is 0 Å². The minimum absolute atomic E-state index is 0.0127. The normalized spacial score (nSPS) is 14.4. The van der Waals surface area contributed by atoms with Gasteiger partial charge in [0.05, 0.1) is 6.29 Å². The number of carbonyl (C=O) groups is 3. The molecule has 2 rings (SSSR count). The smallest absolute Gasteiger partial charge is 0.407 e. The van der Waals surface area contributed by atoms with E-state index in [0.29, 0.717) is 0 Å². The van der Waals surface area contributed by atoms with Gasteiger partial charge in [0, 0.05) is 18.5 Å². The van der Waals surface area contributed by atoms with Crippen LogP contribution in [0.15, 0.2) is 60.7 Å². The van der Waals surface area contributed by atoms with Gasteiger partial charge in [-0.1, -0.05) is 74.5 Å². The third-order valence-corrected chi connectivity index (χ3v) is 6.88. The van der Waals surface area contributed by atoms with Crippen LogP contribution in [0.4, 0.5) is 4.79 Å². The van der Waals surface area contributed by atoms with Gasteiger partial charge in [0.2, 0.25) is 13.3 Å². The summed E-state index contributed by atoms with van der Waals surface area (Å²) in [6, 6.07) is 16.7. The predicted octanol–water partition coefficient (Wildman–Crippen LogP) is 3.62. The van der Waals surface area contributed by atoms with Crippen molar-refractivity contribution >= 4 is 25.3 Å². The Kier molecular flexibility index (Phi) is 11.0. The van der Waals surface area contributed by atoms with Gasteiger partial charge in [0.1, 0.15) is 12.6 Å². The molecule has 190 valence electrons. The van der Waals surface area contributed by atoms with Crippen LogP contribution in [0.1, 0.15) is 31.4 Å². The van der Waals surface area contributed by atoms with Crippen LogP contribution >= 0.6 is 7.37 Å². The van der Waals surface area contributed by atoms with Crippen LogP contribution in [-0.4, -0.2) is 46.5 Å². The molecule has 0 aromatic heterocycles. The zero-order valence-corrected chi connectivity index (χ0v) is 20.8. The van der Waals surface area contributed by atoms with Crippen molar-refractivity contribution in [3.63, 3.8) is 0 Å². The van der Waals surface area contributed by atoms with Gasteiger partial charge in [-0.25, -0.2) is 9.59 Å². The minimum atomic E-state index is -3.96. The van der Waals surface area contributed by atoms with Crippen molar-refractivity contribution in [3.05, 3.63) is 71.8 Å². The molecule has 0 saturated carbocycles. The second kappa shape index (κ2) is 13.7. The molecule has 2 amide bonds. The first kappa shape index (κ1) is 28.1. The Morgan fingerprint density at radius 1 is 0.971 bits per heavy atom. The minimum Gasteiger partial charge on any atom is -0.480 e. The maximum absolute atomic E-state index is 12.9. The fraction of sp³-hybridized carbons (Fsp3) is 0.400. The molecule has 3 atom stereocenters. The second-order valence-electron chi connectivity index (χ2n) is 8.84. The number of nitrogens with one attached hydrogen (secondary N) is 2. The van der Waals surface area contributed by atoms with Crippen molar-refractivity contribution in [3.8, 4) is 0 Å². The van der Waals surface area contributed by atoms with Gasteiger partial charge in [-0.15, -0.1) is 0 Å². The quantitative estimate of drug-likeness (QED) is 0.305. The first-order valence-electron chi connectivity index (χ1n) is 11.4. The SMILES string of the molecule is CC(C)CC(CP(=O)(O)CNC(=O)OCc1ccccc1)C(=O)N[C@@H](Cc1ccccc1)C(=O)O. The molecule has 4 N–H and O–H groups in total. The van der Waals surface area contributed by atoms with Crippen LogP contribution < -0.4 is 10.6 Å². The fourth-order valence-corrected chi connectivity index (χ4v) is 5.05. The number of aliphatic carboxylic acids is 1. The summed E-state index contributed by atoms with van der Waals surface area (Å²) in [7, 11) is -3.96. The molecule has 0 aliphatic rings. The van der Waals surface area contributed by atoms with Crippen LogP contribution in [0.25, 0.3) is 0 Å². The summed E-state index contributed by atoms with van der Waals surface area (Å²) in [5.74, 6) is -2.68. The van der Waals surface area contributed by atoms with Gasteiger partial charge in [-0.05, 0) is 23.5 Å². The van der Waals surface area contributed by atoms with Crippen molar-refractivity contribution in [2.45, 2.75) is 39.3 Å². The highest BCUT2D eigenvalue weighted by Crippen LogP contribution is 2.42. The molecule has 2 aromatic carbocycles. The summed E-state index contributed by atoms with van der Waals surface area (Å²) < 4.78 is 17.8. The van der Waals surface area contributed by atoms with E-state index in [4.69, 9.17) is 4.74 Å². The van der Waals surface area contributed by atoms with Crippen LogP contribution in [0, 0.1) is 11.8 Å². The number of carbonyl (C=O) groups excluding carboxylic acids is 2. The number of hydrogen-bond donors (Lipinski definition) is 4. The van der Waals surface area contributed by atoms with E-state index < -0.39 is 49.7 Å². The summed E-state index contributed by atoms with van der Waals surface area (Å²) >= 11 is 0. The van der Waals surface area contributed by atoms with Crippen molar-refractivity contribution < 1.29 is 33.7 Å². The third kappa shape index (κ3) is 10.8. The van der Waals surface area contributed by atoms with E-state index >= 15 is 0 Å². The average Bonchev–Trinajstić information content (AvgIpc) is 2.81. The molecule has 0 aliphatic carbocycles. The topological polar surface area (TPSA) is 142 Å². The Balaban J connectivity index is 1.96. The Hall–Kier alpha value is -3.16. The lowest BCUT2D eigenvalue weighted by Crippen LogP contribution is -2.46. The highest BCUT2D eigenvalue weighted by atomic mass is 31.2. The summed E-state index contributed by atoms with van der Waals surface area (Å²) in [6.07, 6.45) is -1.43. The highest BCUT2D eigenvalue weighted by molar-refractivity contribution is 7.58. The summed E-state index contributed by atoms with van der Waals surface area (Å²) in [5, 5.41) is 14.4.